The van der Waals surface area contributed by atoms with E-state index in [4.69, 9.17) is 10.5 Å². The van der Waals surface area contributed by atoms with Gasteiger partial charge >= 0.3 is 6.09 Å². The van der Waals surface area contributed by atoms with Crippen LogP contribution in [0.1, 0.15) is 96.2 Å². The van der Waals surface area contributed by atoms with E-state index >= 15 is 0 Å². The van der Waals surface area contributed by atoms with Gasteiger partial charge in [-0.1, -0.05) is 56.0 Å². The number of rotatable bonds is 11. The minimum Gasteiger partial charge on any atom is -0.444 e. The molecular formula is C28H44N4O5. The Morgan fingerprint density at radius 3 is 2.38 bits per heavy atom. The van der Waals surface area contributed by atoms with E-state index in [1.54, 1.807) is 20.8 Å². The maximum Gasteiger partial charge on any atom is 0.408 e. The van der Waals surface area contributed by atoms with E-state index in [-0.39, 0.29) is 24.8 Å². The van der Waals surface area contributed by atoms with Gasteiger partial charge in [-0.25, -0.2) is 4.79 Å². The van der Waals surface area contributed by atoms with E-state index in [0.717, 1.165) is 37.7 Å². The highest BCUT2D eigenvalue weighted by atomic mass is 16.6. The molecule has 1 aliphatic rings. The van der Waals surface area contributed by atoms with Crippen molar-refractivity contribution in [1.29, 1.82) is 0 Å². The summed E-state index contributed by atoms with van der Waals surface area (Å²) in [5.74, 6) is -1.29. The molecule has 1 saturated carbocycles. The van der Waals surface area contributed by atoms with Crippen LogP contribution in [0.25, 0.3) is 0 Å². The summed E-state index contributed by atoms with van der Waals surface area (Å²) in [5, 5.41) is 5.79. The number of primary amides is 1. The van der Waals surface area contributed by atoms with Gasteiger partial charge in [0.1, 0.15) is 17.7 Å². The van der Waals surface area contributed by atoms with E-state index in [0.29, 0.717) is 18.5 Å². The molecule has 1 aromatic carbocycles. The van der Waals surface area contributed by atoms with Crippen LogP contribution in [0, 0.1) is 6.92 Å². The second kappa shape index (κ2) is 14.0. The van der Waals surface area contributed by atoms with E-state index < -0.39 is 35.6 Å². The van der Waals surface area contributed by atoms with E-state index in [1.807, 2.05) is 38.1 Å². The summed E-state index contributed by atoms with van der Waals surface area (Å²) >= 11 is 0. The molecule has 2 atom stereocenters. The molecule has 206 valence electrons. The predicted molar refractivity (Wildman–Crippen MR) is 143 cm³/mol. The lowest BCUT2D eigenvalue weighted by Crippen LogP contribution is -2.54. The van der Waals surface area contributed by atoms with Gasteiger partial charge in [0.25, 0.3) is 0 Å². The molecule has 1 fully saturated rings. The largest absolute Gasteiger partial charge is 0.444 e. The highest BCUT2D eigenvalue weighted by molar-refractivity contribution is 5.92. The average molecular weight is 517 g/mol. The van der Waals surface area contributed by atoms with Gasteiger partial charge < -0.3 is 26.0 Å². The summed E-state index contributed by atoms with van der Waals surface area (Å²) in [4.78, 5) is 53.4. The molecule has 9 heteroatoms. The number of ether oxygens (including phenoxy) is 1. The van der Waals surface area contributed by atoms with Crippen LogP contribution in [0.15, 0.2) is 24.3 Å². The van der Waals surface area contributed by atoms with Crippen LogP contribution in [0.4, 0.5) is 4.79 Å². The lowest BCUT2D eigenvalue weighted by Gasteiger charge is -2.35. The summed E-state index contributed by atoms with van der Waals surface area (Å²) in [5.41, 5.74) is 6.25. The van der Waals surface area contributed by atoms with Crippen molar-refractivity contribution in [2.24, 2.45) is 5.73 Å². The molecule has 2 unspecified atom stereocenters. The van der Waals surface area contributed by atoms with E-state index in [9.17, 15) is 19.2 Å². The van der Waals surface area contributed by atoms with Crippen LogP contribution in [-0.2, 0) is 19.1 Å². The second-order valence-corrected chi connectivity index (χ2v) is 10.9. The van der Waals surface area contributed by atoms with Crippen LogP contribution in [0.3, 0.4) is 0 Å². The normalized spacial score (nSPS) is 15.8. The van der Waals surface area contributed by atoms with Crippen molar-refractivity contribution in [2.75, 3.05) is 6.54 Å². The molecule has 0 heterocycles. The van der Waals surface area contributed by atoms with Crippen molar-refractivity contribution in [1.82, 2.24) is 15.5 Å². The Bertz CT molecular complexity index is 937. The maximum atomic E-state index is 14.0. The van der Waals surface area contributed by atoms with Crippen molar-refractivity contribution in [2.45, 2.75) is 110 Å². The molecule has 0 bridgehead atoms. The van der Waals surface area contributed by atoms with Crippen molar-refractivity contribution >= 4 is 23.8 Å². The Hall–Kier alpha value is -3.10. The summed E-state index contributed by atoms with van der Waals surface area (Å²) in [7, 11) is 0. The zero-order chi connectivity index (χ0) is 27.6. The first-order chi connectivity index (χ1) is 17.4. The smallest absolute Gasteiger partial charge is 0.408 e. The van der Waals surface area contributed by atoms with Crippen LogP contribution in [0.5, 0.6) is 0 Å². The molecule has 4 N–H and O–H groups in total. The number of nitrogens with two attached hydrogens (primary N) is 1. The number of carbonyl (C=O) groups excluding carboxylic acids is 4. The summed E-state index contributed by atoms with van der Waals surface area (Å²) in [6, 6.07) is 5.65. The number of amides is 4. The van der Waals surface area contributed by atoms with Gasteiger partial charge in [-0.3, -0.25) is 14.4 Å². The van der Waals surface area contributed by atoms with Gasteiger partial charge in [-0.05, 0) is 58.9 Å². The van der Waals surface area contributed by atoms with Crippen molar-refractivity contribution in [3.8, 4) is 0 Å². The van der Waals surface area contributed by atoms with Gasteiger partial charge in [0.15, 0.2) is 0 Å². The molecule has 37 heavy (non-hydrogen) atoms. The number of carbonyl (C=O) groups is 4. The molecule has 0 radical (unpaired) electrons. The first kappa shape index (κ1) is 30.1. The molecular weight excluding hydrogens is 472 g/mol. The number of hydrogen-bond acceptors (Lipinski definition) is 5. The Kier molecular flexibility index (Phi) is 11.4. The van der Waals surface area contributed by atoms with Crippen LogP contribution < -0.4 is 16.4 Å². The third kappa shape index (κ3) is 10.1. The number of nitrogens with one attached hydrogen (secondary N) is 2. The number of nitrogens with zero attached hydrogens (tertiary/aromatic N) is 1. The second-order valence-electron chi connectivity index (χ2n) is 10.9. The monoisotopic (exact) mass is 516 g/mol. The molecule has 1 aromatic rings. The number of benzene rings is 1. The Labute approximate surface area is 220 Å². The minimum absolute atomic E-state index is 0.00158. The molecule has 4 amide bonds. The quantitative estimate of drug-likeness (QED) is 0.411. The fourth-order valence-electron chi connectivity index (χ4n) is 4.64. The van der Waals surface area contributed by atoms with Crippen molar-refractivity contribution in [3.05, 3.63) is 35.4 Å². The molecule has 1 aliphatic carbocycles. The Morgan fingerprint density at radius 1 is 1.14 bits per heavy atom. The highest BCUT2D eigenvalue weighted by Gasteiger charge is 2.36. The number of hydrogen-bond donors (Lipinski definition) is 3. The molecule has 2 rings (SSSR count). The van der Waals surface area contributed by atoms with Crippen LogP contribution in [-0.4, -0.2) is 52.9 Å². The fourth-order valence-corrected chi connectivity index (χ4v) is 4.64. The summed E-state index contributed by atoms with van der Waals surface area (Å²) < 4.78 is 5.36. The van der Waals surface area contributed by atoms with Gasteiger partial charge in [-0.2, -0.15) is 0 Å². The molecule has 0 saturated heterocycles. The van der Waals surface area contributed by atoms with Crippen LogP contribution in [0.2, 0.25) is 0 Å². The average Bonchev–Trinajstić information content (AvgIpc) is 2.80. The first-order valence-electron chi connectivity index (χ1n) is 13.4. The fraction of sp³-hybridized carbons (Fsp3) is 0.643. The Balaban J connectivity index is 2.42. The van der Waals surface area contributed by atoms with E-state index in [2.05, 4.69) is 10.6 Å². The minimum atomic E-state index is -1.08. The third-order valence-corrected chi connectivity index (χ3v) is 6.29. The Morgan fingerprint density at radius 2 is 1.81 bits per heavy atom. The zero-order valence-electron chi connectivity index (χ0n) is 23.0. The standard InChI is InChI=1S/C28H44N4O5/c1-6-17-32(26(35)22(15-16-23(29)33)31-27(36)37-28(3,4)5)24(20-12-10-11-19(2)18-20)25(34)30-21-13-8-7-9-14-21/h10-12,18,21-22,24H,6-9,13-17H2,1-5H3,(H2,29,33)(H,30,34)(H,31,36). The lowest BCUT2D eigenvalue weighted by atomic mass is 9.94. The zero-order valence-corrected chi connectivity index (χ0v) is 23.0. The highest BCUT2D eigenvalue weighted by Crippen LogP contribution is 2.26. The molecule has 0 aromatic heterocycles. The van der Waals surface area contributed by atoms with Crippen molar-refractivity contribution < 1.29 is 23.9 Å². The number of alkyl carbamates (subject to hydrolysis) is 1. The first-order valence-corrected chi connectivity index (χ1v) is 13.4. The topological polar surface area (TPSA) is 131 Å². The van der Waals surface area contributed by atoms with Gasteiger partial charge in [0.2, 0.25) is 17.7 Å². The molecule has 0 spiro atoms. The van der Waals surface area contributed by atoms with Gasteiger partial charge in [-0.15, -0.1) is 0 Å². The van der Waals surface area contributed by atoms with Crippen LogP contribution >= 0.6 is 0 Å². The molecule has 9 nitrogen and oxygen atoms in total. The third-order valence-electron chi connectivity index (χ3n) is 6.29. The molecule has 0 aliphatic heterocycles. The van der Waals surface area contributed by atoms with Gasteiger partial charge in [0.05, 0.1) is 0 Å². The maximum absolute atomic E-state index is 14.0. The van der Waals surface area contributed by atoms with Crippen molar-refractivity contribution in [3.63, 3.8) is 0 Å². The van der Waals surface area contributed by atoms with E-state index in [1.165, 1.54) is 4.90 Å². The summed E-state index contributed by atoms with van der Waals surface area (Å²) in [6.45, 7) is 9.31. The summed E-state index contributed by atoms with van der Waals surface area (Å²) in [6.07, 6.45) is 4.83. The van der Waals surface area contributed by atoms with Gasteiger partial charge in [0, 0.05) is 19.0 Å². The number of aryl methyl sites for hydroxylation is 1. The predicted octanol–water partition coefficient (Wildman–Crippen LogP) is 3.88. The lowest BCUT2D eigenvalue weighted by molar-refractivity contribution is -0.143. The SMILES string of the molecule is CCCN(C(=O)C(CCC(N)=O)NC(=O)OC(C)(C)C)C(C(=O)NC1CCCCC1)c1cccc(C)c1.